The van der Waals surface area contributed by atoms with E-state index in [2.05, 4.69) is 9.62 Å². The number of carbonyl (C=O) groups is 1. The quantitative estimate of drug-likeness (QED) is 0.614. The number of hydrogen-bond donors (Lipinski definition) is 2. The normalized spacial score (nSPS) is 34.2. The van der Waals surface area contributed by atoms with Gasteiger partial charge in [0.1, 0.15) is 0 Å². The number of thioether (sulfide) groups is 1. The summed E-state index contributed by atoms with van der Waals surface area (Å²) in [5.41, 5.74) is 0. The summed E-state index contributed by atoms with van der Waals surface area (Å²) in [5, 5.41) is 2.90. The summed E-state index contributed by atoms with van der Waals surface area (Å²) in [7, 11) is 0. The number of nitrogens with one attached hydrogen (secondary N) is 1. The molecule has 0 bridgehead atoms. The SMILES string of the molecule is O=C1C[SH](N2CCSCC2)CCN1. The van der Waals surface area contributed by atoms with Gasteiger partial charge in [-0.1, -0.05) is 0 Å². The molecule has 1 atom stereocenters. The first-order valence-electron chi connectivity index (χ1n) is 4.70. The molecule has 5 heteroatoms. The molecule has 76 valence electrons. The number of hydrogen-bond acceptors (Lipinski definition) is 3. The van der Waals surface area contributed by atoms with Crippen LogP contribution in [0.15, 0.2) is 0 Å². The van der Waals surface area contributed by atoms with E-state index in [0.29, 0.717) is 0 Å². The van der Waals surface area contributed by atoms with Gasteiger partial charge in [0, 0.05) is 36.9 Å². The minimum Gasteiger partial charge on any atom is -0.355 e. The molecule has 1 unspecified atom stereocenters. The molecule has 3 nitrogen and oxygen atoms in total. The molecule has 0 aromatic heterocycles. The molecule has 2 heterocycles. The minimum atomic E-state index is -0.121. The van der Waals surface area contributed by atoms with Gasteiger partial charge in [0.05, 0.1) is 5.75 Å². The van der Waals surface area contributed by atoms with Crippen molar-refractivity contribution in [2.45, 2.75) is 0 Å². The van der Waals surface area contributed by atoms with Crippen molar-refractivity contribution >= 4 is 28.8 Å². The lowest BCUT2D eigenvalue weighted by molar-refractivity contribution is -0.118. The molecule has 0 aliphatic carbocycles. The third kappa shape index (κ3) is 2.54. The Morgan fingerprint density at radius 3 is 2.85 bits per heavy atom. The Labute approximate surface area is 86.1 Å². The van der Waals surface area contributed by atoms with Crippen LogP contribution in [-0.4, -0.2) is 52.9 Å². The van der Waals surface area contributed by atoms with Crippen LogP contribution in [0.4, 0.5) is 0 Å². The third-order valence-corrected chi connectivity index (χ3v) is 5.94. The van der Waals surface area contributed by atoms with Crippen LogP contribution in [0.3, 0.4) is 0 Å². The number of carbonyl (C=O) groups excluding carboxylic acids is 1. The van der Waals surface area contributed by atoms with Crippen molar-refractivity contribution in [2.75, 3.05) is 42.6 Å². The van der Waals surface area contributed by atoms with Crippen molar-refractivity contribution in [2.24, 2.45) is 0 Å². The Morgan fingerprint density at radius 1 is 1.38 bits per heavy atom. The van der Waals surface area contributed by atoms with Crippen molar-refractivity contribution in [3.8, 4) is 0 Å². The molecule has 13 heavy (non-hydrogen) atoms. The Bertz CT molecular complexity index is 195. The standard InChI is InChI=1S/C8H16N2OS2/c11-8-7-13(6-1-9-8)10-2-4-12-5-3-10/h13H,1-7H2,(H,9,11). The first kappa shape index (κ1) is 9.68. The zero-order valence-electron chi connectivity index (χ0n) is 7.66. The Hall–Kier alpha value is 0.130. The zero-order chi connectivity index (χ0) is 9.10. The monoisotopic (exact) mass is 220 g/mol. The van der Waals surface area contributed by atoms with E-state index in [1.807, 2.05) is 11.8 Å². The second-order valence-electron chi connectivity index (χ2n) is 3.30. The maximum atomic E-state index is 11.2. The van der Waals surface area contributed by atoms with E-state index in [1.54, 1.807) is 0 Å². The van der Waals surface area contributed by atoms with Gasteiger partial charge in [-0.3, -0.25) is 9.10 Å². The lowest BCUT2D eigenvalue weighted by atomic mass is 10.6. The fourth-order valence-electron chi connectivity index (χ4n) is 1.70. The molecule has 1 amide bonds. The largest absolute Gasteiger partial charge is 0.355 e. The van der Waals surface area contributed by atoms with Crippen LogP contribution in [0.1, 0.15) is 0 Å². The van der Waals surface area contributed by atoms with Gasteiger partial charge >= 0.3 is 0 Å². The van der Waals surface area contributed by atoms with E-state index in [0.717, 1.165) is 12.3 Å². The summed E-state index contributed by atoms with van der Waals surface area (Å²) in [4.78, 5) is 11.2. The summed E-state index contributed by atoms with van der Waals surface area (Å²) in [6.07, 6.45) is 0. The van der Waals surface area contributed by atoms with Gasteiger partial charge in [-0.25, -0.2) is 0 Å². The van der Waals surface area contributed by atoms with Gasteiger partial charge in [-0.05, 0) is 0 Å². The number of rotatable bonds is 1. The maximum absolute atomic E-state index is 11.2. The number of amides is 1. The topological polar surface area (TPSA) is 32.3 Å². The van der Waals surface area contributed by atoms with Crippen LogP contribution in [0.5, 0.6) is 0 Å². The summed E-state index contributed by atoms with van der Waals surface area (Å²) in [5.74, 6) is 4.74. The fraction of sp³-hybridized carbons (Fsp3) is 0.875. The third-order valence-electron chi connectivity index (χ3n) is 2.41. The molecular formula is C8H16N2OS2. The highest BCUT2D eigenvalue weighted by molar-refractivity contribution is 8.15. The van der Waals surface area contributed by atoms with Crippen molar-refractivity contribution in [3.63, 3.8) is 0 Å². The molecule has 2 rings (SSSR count). The molecule has 2 saturated heterocycles. The Kier molecular flexibility index (Phi) is 3.40. The molecule has 2 aliphatic heterocycles. The van der Waals surface area contributed by atoms with E-state index < -0.39 is 0 Å². The average molecular weight is 220 g/mol. The maximum Gasteiger partial charge on any atom is 0.229 e. The summed E-state index contributed by atoms with van der Waals surface area (Å²) in [6.45, 7) is 3.29. The Balaban J connectivity index is 1.87. The second-order valence-corrected chi connectivity index (χ2v) is 6.87. The van der Waals surface area contributed by atoms with Crippen molar-refractivity contribution in [1.29, 1.82) is 0 Å². The average Bonchev–Trinajstić information content (AvgIpc) is 2.19. The lowest BCUT2D eigenvalue weighted by Gasteiger charge is -2.39. The van der Waals surface area contributed by atoms with Crippen LogP contribution >= 0.6 is 22.8 Å². The first-order chi connectivity index (χ1) is 6.36. The van der Waals surface area contributed by atoms with Gasteiger partial charge in [0.2, 0.25) is 5.91 Å². The van der Waals surface area contributed by atoms with Gasteiger partial charge < -0.3 is 5.32 Å². The van der Waals surface area contributed by atoms with Crippen molar-refractivity contribution in [1.82, 2.24) is 9.62 Å². The van der Waals surface area contributed by atoms with E-state index in [4.69, 9.17) is 0 Å². The summed E-state index contributed by atoms with van der Waals surface area (Å²) < 4.78 is 2.55. The van der Waals surface area contributed by atoms with Crippen molar-refractivity contribution < 1.29 is 4.79 Å². The molecule has 0 aromatic carbocycles. The minimum absolute atomic E-state index is 0.121. The van der Waals surface area contributed by atoms with Gasteiger partial charge in [-0.15, -0.1) is 0 Å². The van der Waals surface area contributed by atoms with Gasteiger partial charge in [0.25, 0.3) is 0 Å². The fourth-order valence-corrected chi connectivity index (χ4v) is 5.10. The van der Waals surface area contributed by atoms with Gasteiger partial charge in [0.15, 0.2) is 0 Å². The smallest absolute Gasteiger partial charge is 0.229 e. The summed E-state index contributed by atoms with van der Waals surface area (Å²) in [6, 6.07) is 0. The molecular weight excluding hydrogens is 204 g/mol. The molecule has 0 radical (unpaired) electrons. The second kappa shape index (κ2) is 4.57. The summed E-state index contributed by atoms with van der Waals surface area (Å²) >= 11 is 1.91. The molecule has 2 fully saturated rings. The molecule has 0 aromatic rings. The van der Waals surface area contributed by atoms with E-state index >= 15 is 0 Å². The molecule has 1 N–H and O–H groups in total. The highest BCUT2D eigenvalue weighted by Crippen LogP contribution is 2.33. The van der Waals surface area contributed by atoms with Crippen LogP contribution in [0.25, 0.3) is 0 Å². The molecule has 0 saturated carbocycles. The van der Waals surface area contributed by atoms with Crippen LogP contribution in [0.2, 0.25) is 0 Å². The van der Waals surface area contributed by atoms with E-state index in [-0.39, 0.29) is 17.0 Å². The van der Waals surface area contributed by atoms with E-state index in [9.17, 15) is 4.79 Å². The van der Waals surface area contributed by atoms with Crippen LogP contribution in [0, 0.1) is 0 Å². The highest BCUT2D eigenvalue weighted by Gasteiger charge is 2.22. The van der Waals surface area contributed by atoms with Crippen LogP contribution in [-0.2, 0) is 4.79 Å². The molecule has 0 spiro atoms. The van der Waals surface area contributed by atoms with Crippen molar-refractivity contribution in [3.05, 3.63) is 0 Å². The predicted molar refractivity (Wildman–Crippen MR) is 60.6 cm³/mol. The van der Waals surface area contributed by atoms with Crippen LogP contribution < -0.4 is 5.32 Å². The van der Waals surface area contributed by atoms with E-state index in [1.165, 1.54) is 30.3 Å². The number of nitrogens with zero attached hydrogens (tertiary/aromatic N) is 1. The highest BCUT2D eigenvalue weighted by atomic mass is 32.2. The Morgan fingerprint density at radius 2 is 2.15 bits per heavy atom. The first-order valence-corrected chi connectivity index (χ1v) is 7.52. The van der Waals surface area contributed by atoms with Gasteiger partial charge in [-0.2, -0.15) is 22.8 Å². The lowest BCUT2D eigenvalue weighted by Crippen LogP contribution is -2.42. The number of thiol groups is 1. The molecule has 2 aliphatic rings. The zero-order valence-corrected chi connectivity index (χ0v) is 9.37. The predicted octanol–water partition coefficient (Wildman–Crippen LogP) is 0.0812.